The van der Waals surface area contributed by atoms with E-state index in [1.807, 2.05) is 7.05 Å². The fourth-order valence-electron chi connectivity index (χ4n) is 1.78. The molecule has 5 nitrogen and oxygen atoms in total. The maximum Gasteiger partial charge on any atom is 0.243 e. The van der Waals surface area contributed by atoms with Gasteiger partial charge in [-0.15, -0.1) is 0 Å². The summed E-state index contributed by atoms with van der Waals surface area (Å²) in [6.45, 7) is 3.36. The maximum absolute atomic E-state index is 12.6. The largest absolute Gasteiger partial charge is 0.744 e. The van der Waals surface area contributed by atoms with E-state index < -0.39 is 44.1 Å². The van der Waals surface area contributed by atoms with Crippen molar-refractivity contribution in [2.45, 2.75) is 31.2 Å². The Morgan fingerprint density at radius 3 is 1.88 bits per heavy atom. The highest BCUT2D eigenvalue weighted by Crippen LogP contribution is 2.26. The molecule has 0 fully saturated rings. The number of hydrogen-bond acceptors (Lipinski definition) is 3. The first-order valence-corrected chi connectivity index (χ1v) is 8.39. The monoisotopic (exact) mass is 386 g/mol. The second-order valence-electron chi connectivity index (χ2n) is 5.02. The Balaban J connectivity index is 0.000000271. The molecule has 0 saturated heterocycles. The van der Waals surface area contributed by atoms with Crippen LogP contribution in [0.2, 0.25) is 0 Å². The van der Waals surface area contributed by atoms with E-state index in [1.54, 1.807) is 0 Å². The first-order chi connectivity index (χ1) is 11.5. The van der Waals surface area contributed by atoms with Crippen molar-refractivity contribution in [3.05, 3.63) is 47.8 Å². The van der Waals surface area contributed by atoms with Crippen molar-refractivity contribution in [3.8, 4) is 0 Å². The first-order valence-electron chi connectivity index (χ1n) is 6.99. The van der Waals surface area contributed by atoms with Crippen molar-refractivity contribution in [1.82, 2.24) is 4.57 Å². The van der Waals surface area contributed by atoms with Gasteiger partial charge in [-0.05, 0) is 6.42 Å². The summed E-state index contributed by atoms with van der Waals surface area (Å²) in [6.07, 6.45) is 8.82. The van der Waals surface area contributed by atoms with Crippen LogP contribution in [0.5, 0.6) is 0 Å². The van der Waals surface area contributed by atoms with Crippen LogP contribution >= 0.6 is 0 Å². The van der Waals surface area contributed by atoms with E-state index in [0.717, 1.165) is 6.54 Å². The van der Waals surface area contributed by atoms with E-state index in [1.165, 1.54) is 12.8 Å². The number of aromatic nitrogens is 2. The molecule has 140 valence electrons. The zero-order valence-electron chi connectivity index (χ0n) is 13.3. The Labute approximate surface area is 141 Å². The second kappa shape index (κ2) is 8.39. The van der Waals surface area contributed by atoms with Crippen LogP contribution in [0.25, 0.3) is 0 Å². The van der Waals surface area contributed by atoms with Gasteiger partial charge in [-0.1, -0.05) is 13.3 Å². The van der Waals surface area contributed by atoms with E-state index in [9.17, 15) is 34.9 Å². The van der Waals surface area contributed by atoms with Crippen LogP contribution in [0.15, 0.2) is 23.6 Å². The summed E-state index contributed by atoms with van der Waals surface area (Å²) in [5.74, 6) is -12.8. The highest BCUT2D eigenvalue weighted by Gasteiger charge is 2.28. The third-order valence-corrected chi connectivity index (χ3v) is 3.87. The van der Waals surface area contributed by atoms with Gasteiger partial charge in [0.2, 0.25) is 12.1 Å². The van der Waals surface area contributed by atoms with Gasteiger partial charge in [-0.25, -0.2) is 39.5 Å². The molecule has 0 N–H and O–H groups in total. The quantitative estimate of drug-likeness (QED) is 0.267. The molecule has 0 bridgehead atoms. The molecule has 0 amide bonds. The van der Waals surface area contributed by atoms with Crippen molar-refractivity contribution in [2.24, 2.45) is 7.05 Å². The van der Waals surface area contributed by atoms with E-state index in [0.29, 0.717) is 0 Å². The smallest absolute Gasteiger partial charge is 0.243 e. The first kappa shape index (κ1) is 21.0. The SMILES string of the molecule is CCCCn1cc[n+](C)c1.O=S(=O)([O-])c1c(F)c(F)c(F)c(F)c1F. The fraction of sp³-hybridized carbons (Fsp3) is 0.357. The average molecular weight is 386 g/mol. The van der Waals surface area contributed by atoms with Gasteiger partial charge in [0.15, 0.2) is 23.3 Å². The molecular formula is C14H15F5N2O3S. The van der Waals surface area contributed by atoms with Crippen LogP contribution in [-0.4, -0.2) is 17.5 Å². The van der Waals surface area contributed by atoms with Gasteiger partial charge in [-0.3, -0.25) is 0 Å². The summed E-state index contributed by atoms with van der Waals surface area (Å²) >= 11 is 0. The van der Waals surface area contributed by atoms with Crippen molar-refractivity contribution in [1.29, 1.82) is 0 Å². The zero-order valence-corrected chi connectivity index (χ0v) is 14.1. The number of rotatable bonds is 4. The standard InChI is InChI=1S/C8H15N2.C6HF5O3S/c1-3-4-5-10-7-6-9(2)8-10;7-1-2(8)4(10)6(15(12,13)14)5(11)3(1)9/h6-8H,3-5H2,1-2H3;(H,12,13,14)/q+1;/p-1. The molecule has 1 aromatic heterocycles. The summed E-state index contributed by atoms with van der Waals surface area (Å²) < 4.78 is 97.2. The van der Waals surface area contributed by atoms with E-state index in [4.69, 9.17) is 0 Å². The Hall–Kier alpha value is -2.01. The minimum absolute atomic E-state index is 1.15. The fourth-order valence-corrected chi connectivity index (χ4v) is 2.40. The number of aryl methyl sites for hydroxylation is 2. The highest BCUT2D eigenvalue weighted by atomic mass is 32.2. The minimum atomic E-state index is -5.77. The molecule has 0 aliphatic carbocycles. The van der Waals surface area contributed by atoms with Gasteiger partial charge in [0.25, 0.3) is 0 Å². The van der Waals surface area contributed by atoms with Crippen LogP contribution in [0, 0.1) is 29.1 Å². The topological polar surface area (TPSA) is 66.0 Å². The minimum Gasteiger partial charge on any atom is -0.744 e. The van der Waals surface area contributed by atoms with Crippen molar-refractivity contribution >= 4 is 10.1 Å². The average Bonchev–Trinajstić information content (AvgIpc) is 2.94. The molecule has 1 aromatic carbocycles. The molecule has 0 unspecified atom stereocenters. The lowest BCUT2D eigenvalue weighted by molar-refractivity contribution is -0.671. The number of imidazole rings is 1. The number of benzene rings is 1. The Kier molecular flexibility index (Phi) is 7.06. The predicted molar refractivity (Wildman–Crippen MR) is 74.7 cm³/mol. The summed E-state index contributed by atoms with van der Waals surface area (Å²) in [7, 11) is -3.73. The summed E-state index contributed by atoms with van der Waals surface area (Å²) in [5.41, 5.74) is 0. The molecule has 0 spiro atoms. The second-order valence-corrected chi connectivity index (χ2v) is 6.34. The third kappa shape index (κ3) is 5.23. The van der Waals surface area contributed by atoms with E-state index in [2.05, 4.69) is 34.8 Å². The van der Waals surface area contributed by atoms with Crippen LogP contribution in [0.3, 0.4) is 0 Å². The van der Waals surface area contributed by atoms with Gasteiger partial charge in [0.05, 0.1) is 13.6 Å². The maximum atomic E-state index is 12.6. The summed E-state index contributed by atoms with van der Waals surface area (Å²) in [5, 5.41) is 0. The molecule has 25 heavy (non-hydrogen) atoms. The van der Waals surface area contributed by atoms with Crippen LogP contribution in [0.4, 0.5) is 22.0 Å². The van der Waals surface area contributed by atoms with Crippen molar-refractivity contribution in [3.63, 3.8) is 0 Å². The lowest BCUT2D eigenvalue weighted by atomic mass is 10.3. The van der Waals surface area contributed by atoms with E-state index in [-0.39, 0.29) is 0 Å². The molecule has 11 heteroatoms. The normalized spacial score (nSPS) is 11.2. The van der Waals surface area contributed by atoms with Crippen LogP contribution in [-0.2, 0) is 23.7 Å². The van der Waals surface area contributed by atoms with Gasteiger partial charge in [-0.2, -0.15) is 0 Å². The highest BCUT2D eigenvalue weighted by molar-refractivity contribution is 7.85. The van der Waals surface area contributed by atoms with Gasteiger partial charge >= 0.3 is 0 Å². The number of halogens is 5. The molecule has 2 rings (SSSR count). The predicted octanol–water partition coefficient (Wildman–Crippen LogP) is 2.40. The van der Waals surface area contributed by atoms with E-state index >= 15 is 0 Å². The molecule has 2 aromatic rings. The Morgan fingerprint density at radius 2 is 1.52 bits per heavy atom. The Morgan fingerprint density at radius 1 is 1.04 bits per heavy atom. The van der Waals surface area contributed by atoms with Crippen LogP contribution in [0.1, 0.15) is 19.8 Å². The van der Waals surface area contributed by atoms with Gasteiger partial charge in [0, 0.05) is 0 Å². The lowest BCUT2D eigenvalue weighted by Gasteiger charge is -2.10. The molecule has 0 radical (unpaired) electrons. The molecule has 1 heterocycles. The zero-order chi connectivity index (χ0) is 19.4. The number of hydrogen-bond donors (Lipinski definition) is 0. The van der Waals surface area contributed by atoms with Crippen LogP contribution < -0.4 is 4.57 Å². The van der Waals surface area contributed by atoms with Gasteiger partial charge in [0.1, 0.15) is 27.4 Å². The molecule has 0 aliphatic heterocycles. The van der Waals surface area contributed by atoms with Gasteiger partial charge < -0.3 is 4.55 Å². The molecule has 0 saturated carbocycles. The number of nitrogens with zero attached hydrogens (tertiary/aromatic N) is 2. The summed E-state index contributed by atoms with van der Waals surface area (Å²) in [6, 6.07) is 0. The Bertz CT molecular complexity index is 823. The molecule has 0 aliphatic rings. The lowest BCUT2D eigenvalue weighted by Crippen LogP contribution is -2.23. The summed E-state index contributed by atoms with van der Waals surface area (Å²) in [4.78, 5) is -2.38. The van der Waals surface area contributed by atoms with Crippen molar-refractivity contribution in [2.75, 3.05) is 0 Å². The third-order valence-electron chi connectivity index (χ3n) is 3.01. The molecular weight excluding hydrogens is 371 g/mol. The van der Waals surface area contributed by atoms with Crippen molar-refractivity contribution < 1.29 is 39.5 Å². The number of unbranched alkanes of at least 4 members (excludes halogenated alkanes) is 1. The molecule has 0 atom stereocenters.